The average molecular weight is 527 g/mol. The first-order chi connectivity index (χ1) is 19.9. The van der Waals surface area contributed by atoms with Crippen LogP contribution >= 0.6 is 11.3 Å². The van der Waals surface area contributed by atoms with Gasteiger partial charge in [0.2, 0.25) is 0 Å². The van der Waals surface area contributed by atoms with Crippen LogP contribution < -0.4 is 21.1 Å². The molecule has 40 heavy (non-hydrogen) atoms. The van der Waals surface area contributed by atoms with Crippen LogP contribution in [0, 0.1) is 0 Å². The van der Waals surface area contributed by atoms with Gasteiger partial charge in [0.15, 0.2) is 0 Å². The van der Waals surface area contributed by atoms with E-state index in [0.717, 1.165) is 11.5 Å². The van der Waals surface area contributed by atoms with Crippen molar-refractivity contribution in [3.8, 4) is 17.2 Å². The second-order valence-corrected chi connectivity index (χ2v) is 11.5. The predicted molar refractivity (Wildman–Crippen MR) is 171 cm³/mol. The molecular weight excluding hydrogens is 505 g/mol. The summed E-state index contributed by atoms with van der Waals surface area (Å²) >= 11 is 1.91. The van der Waals surface area contributed by atoms with Gasteiger partial charge in [0.1, 0.15) is 11.5 Å². The molecule has 186 valence electrons. The fraction of sp³-hybridized carbons (Fsp3) is 0. The van der Waals surface area contributed by atoms with Crippen LogP contribution in [0.1, 0.15) is 0 Å². The summed E-state index contributed by atoms with van der Waals surface area (Å²) in [5, 5.41) is 5.19. The van der Waals surface area contributed by atoms with E-state index in [1.807, 2.05) is 11.3 Å². The van der Waals surface area contributed by atoms with Crippen molar-refractivity contribution in [1.82, 2.24) is 4.57 Å². The van der Waals surface area contributed by atoms with Gasteiger partial charge in [-0.2, -0.15) is 0 Å². The lowest BCUT2D eigenvalue weighted by Gasteiger charge is -2.28. The third kappa shape index (κ3) is 3.00. The Balaban J connectivity index is 1.56. The van der Waals surface area contributed by atoms with Crippen LogP contribution in [0.3, 0.4) is 0 Å². The van der Waals surface area contributed by atoms with Gasteiger partial charge < -0.3 is 9.30 Å². The summed E-state index contributed by atoms with van der Waals surface area (Å²) in [6.45, 7) is 0.0205. The molecule has 6 aromatic carbocycles. The van der Waals surface area contributed by atoms with Gasteiger partial charge in [0.05, 0.1) is 11.0 Å². The highest BCUT2D eigenvalue weighted by molar-refractivity contribution is 7.28. The highest BCUT2D eigenvalue weighted by Gasteiger charge is 2.36. The van der Waals surface area contributed by atoms with Gasteiger partial charge >= 0.3 is 0 Å². The maximum absolute atomic E-state index is 6.48. The molecular formula is C36H22BNOS. The van der Waals surface area contributed by atoms with Gasteiger partial charge in [-0.3, -0.25) is 0 Å². The predicted octanol–water partition coefficient (Wildman–Crippen LogP) is 7.77. The van der Waals surface area contributed by atoms with Crippen LogP contribution in [0.2, 0.25) is 0 Å². The summed E-state index contributed by atoms with van der Waals surface area (Å²) in [5.41, 5.74) is 7.42. The lowest BCUT2D eigenvalue weighted by atomic mass is 9.35. The highest BCUT2D eigenvalue weighted by Crippen LogP contribution is 2.40. The fourth-order valence-electron chi connectivity index (χ4n) is 6.67. The molecule has 0 saturated heterocycles. The number of nitrogens with zero attached hydrogens (tertiary/aromatic N) is 1. The van der Waals surface area contributed by atoms with Crippen molar-refractivity contribution < 1.29 is 4.74 Å². The lowest BCUT2D eigenvalue weighted by Crippen LogP contribution is -2.55. The first kappa shape index (κ1) is 22.1. The van der Waals surface area contributed by atoms with E-state index in [4.69, 9.17) is 4.74 Å². The molecule has 1 aliphatic heterocycles. The third-order valence-electron chi connectivity index (χ3n) is 8.32. The quantitative estimate of drug-likeness (QED) is 0.210. The summed E-state index contributed by atoms with van der Waals surface area (Å²) in [4.78, 5) is 0. The Morgan fingerprint density at radius 3 is 1.95 bits per heavy atom. The van der Waals surface area contributed by atoms with Gasteiger partial charge in [0, 0.05) is 36.6 Å². The van der Waals surface area contributed by atoms with Crippen molar-refractivity contribution in [3.63, 3.8) is 0 Å². The molecule has 2 nitrogen and oxygen atoms in total. The molecule has 2 aromatic heterocycles. The van der Waals surface area contributed by atoms with E-state index in [2.05, 4.69) is 138 Å². The van der Waals surface area contributed by atoms with Gasteiger partial charge in [0.25, 0.3) is 6.71 Å². The number of hydrogen-bond acceptors (Lipinski definition) is 2. The first-order valence-corrected chi connectivity index (χ1v) is 14.5. The summed E-state index contributed by atoms with van der Waals surface area (Å²) < 4.78 is 11.6. The number of fused-ring (bicyclic) bond motifs is 8. The number of thiophene rings is 1. The topological polar surface area (TPSA) is 14.2 Å². The Hall–Kier alpha value is -4.80. The Morgan fingerprint density at radius 2 is 1.18 bits per heavy atom. The molecule has 0 fully saturated rings. The van der Waals surface area contributed by atoms with E-state index < -0.39 is 0 Å². The van der Waals surface area contributed by atoms with Crippen molar-refractivity contribution >= 4 is 76.4 Å². The van der Waals surface area contributed by atoms with Crippen molar-refractivity contribution in [2.75, 3.05) is 0 Å². The molecule has 0 radical (unpaired) electrons. The molecule has 0 N–H and O–H groups in total. The molecule has 0 amide bonds. The van der Waals surface area contributed by atoms with E-state index in [0.29, 0.717) is 0 Å². The minimum absolute atomic E-state index is 0.0205. The summed E-state index contributed by atoms with van der Waals surface area (Å²) in [7, 11) is 0. The van der Waals surface area contributed by atoms with E-state index in [9.17, 15) is 0 Å². The number of benzene rings is 6. The molecule has 8 aromatic rings. The van der Waals surface area contributed by atoms with Crippen LogP contribution in [0.5, 0.6) is 11.5 Å². The molecule has 3 heterocycles. The van der Waals surface area contributed by atoms with E-state index in [1.165, 1.54) is 64.1 Å². The molecule has 4 heteroatoms. The lowest BCUT2D eigenvalue weighted by molar-refractivity contribution is 0.487. The summed E-state index contributed by atoms with van der Waals surface area (Å²) in [6, 6.07) is 48.0. The van der Waals surface area contributed by atoms with Crippen molar-refractivity contribution in [2.24, 2.45) is 0 Å². The first-order valence-electron chi connectivity index (χ1n) is 13.7. The number of ether oxygens (including phenoxy) is 1. The zero-order chi connectivity index (χ0) is 26.2. The van der Waals surface area contributed by atoms with Crippen LogP contribution in [-0.4, -0.2) is 11.3 Å². The molecule has 0 aliphatic carbocycles. The van der Waals surface area contributed by atoms with Gasteiger partial charge in [-0.05, 0) is 58.9 Å². The minimum atomic E-state index is 0.0205. The zero-order valence-electron chi connectivity index (χ0n) is 21.5. The zero-order valence-corrected chi connectivity index (χ0v) is 22.4. The molecule has 0 spiro atoms. The SMILES string of the molecule is c1ccc(-n2c3ccccc3c3cc4c(sc5ccccc54)c(B4c5ccccc5Oc5ccccc54)c32)cc1. The van der Waals surface area contributed by atoms with Crippen molar-refractivity contribution in [1.29, 1.82) is 0 Å². The molecule has 0 bridgehead atoms. The molecule has 9 rings (SSSR count). The number of rotatable bonds is 2. The van der Waals surface area contributed by atoms with Crippen LogP contribution in [-0.2, 0) is 0 Å². The standard InChI is InChI=1S/C36H22BNOS/c1-2-12-23(13-3-1)38-30-18-8-4-14-24(30)26-22-27-25-15-5-11-21-33(25)40-36(27)34(35(26)38)37-28-16-6-9-19-31(28)39-32-20-10-7-17-29(32)37/h1-22H. The van der Waals surface area contributed by atoms with Crippen LogP contribution in [0.4, 0.5) is 0 Å². The second kappa shape index (κ2) is 8.35. The highest BCUT2D eigenvalue weighted by atomic mass is 32.1. The molecule has 0 saturated carbocycles. The van der Waals surface area contributed by atoms with Crippen LogP contribution in [0.25, 0.3) is 47.7 Å². The van der Waals surface area contributed by atoms with E-state index in [-0.39, 0.29) is 6.71 Å². The minimum Gasteiger partial charge on any atom is -0.458 e. The summed E-state index contributed by atoms with van der Waals surface area (Å²) in [6.07, 6.45) is 0. The van der Waals surface area contributed by atoms with Gasteiger partial charge in [-0.15, -0.1) is 11.3 Å². The molecule has 0 unspecified atom stereocenters. The molecule has 0 atom stereocenters. The number of para-hydroxylation sites is 4. The fourth-order valence-corrected chi connectivity index (χ4v) is 7.93. The monoisotopic (exact) mass is 527 g/mol. The maximum Gasteiger partial charge on any atom is 0.255 e. The maximum atomic E-state index is 6.48. The van der Waals surface area contributed by atoms with Gasteiger partial charge in [-0.25, -0.2) is 0 Å². The van der Waals surface area contributed by atoms with Crippen molar-refractivity contribution in [2.45, 2.75) is 0 Å². The van der Waals surface area contributed by atoms with Crippen molar-refractivity contribution in [3.05, 3.63) is 133 Å². The Bertz CT molecular complexity index is 2220. The second-order valence-electron chi connectivity index (χ2n) is 10.5. The largest absolute Gasteiger partial charge is 0.458 e. The van der Waals surface area contributed by atoms with Crippen LogP contribution in [0.15, 0.2) is 133 Å². The Kier molecular flexibility index (Phi) is 4.61. The van der Waals surface area contributed by atoms with E-state index >= 15 is 0 Å². The number of aromatic nitrogens is 1. The Labute approximate surface area is 235 Å². The van der Waals surface area contributed by atoms with Gasteiger partial charge in [-0.1, -0.05) is 91.0 Å². The number of hydrogen-bond donors (Lipinski definition) is 0. The Morgan fingerprint density at radius 1 is 0.550 bits per heavy atom. The normalized spacial score (nSPS) is 12.7. The smallest absolute Gasteiger partial charge is 0.255 e. The molecule has 1 aliphatic rings. The third-order valence-corrected chi connectivity index (χ3v) is 9.54. The summed E-state index contributed by atoms with van der Waals surface area (Å²) in [5.74, 6) is 1.86. The van der Waals surface area contributed by atoms with E-state index in [1.54, 1.807) is 0 Å². The average Bonchev–Trinajstić information content (AvgIpc) is 3.55.